The molecule has 2 aromatic rings. The molecule has 0 spiro atoms. The second-order valence-corrected chi connectivity index (χ2v) is 4.67. The van der Waals surface area contributed by atoms with Gasteiger partial charge in [0.2, 0.25) is 5.88 Å². The Balaban J connectivity index is 2.12. The monoisotopic (exact) mass is 256 g/mol. The molecule has 0 aliphatic carbocycles. The molecule has 3 nitrogen and oxygen atoms in total. The van der Waals surface area contributed by atoms with Crippen LogP contribution in [-0.2, 0) is 13.0 Å². The average Bonchev–Trinajstić information content (AvgIpc) is 2.43. The van der Waals surface area contributed by atoms with Crippen molar-refractivity contribution < 1.29 is 4.74 Å². The van der Waals surface area contributed by atoms with Gasteiger partial charge in [-0.2, -0.15) is 0 Å². The molecule has 0 atom stereocenters. The molecule has 0 aliphatic heterocycles. The molecule has 0 saturated heterocycles. The maximum atomic E-state index is 5.79. The van der Waals surface area contributed by atoms with Crippen LogP contribution >= 0.6 is 0 Å². The van der Waals surface area contributed by atoms with E-state index in [-0.39, 0.29) is 0 Å². The third kappa shape index (κ3) is 3.55. The lowest BCUT2D eigenvalue weighted by atomic mass is 10.1. The first-order valence-corrected chi connectivity index (χ1v) is 6.65. The van der Waals surface area contributed by atoms with Gasteiger partial charge < -0.3 is 10.5 Å². The van der Waals surface area contributed by atoms with Gasteiger partial charge in [0.15, 0.2) is 0 Å². The van der Waals surface area contributed by atoms with Crippen LogP contribution in [0.3, 0.4) is 0 Å². The van der Waals surface area contributed by atoms with Crippen molar-refractivity contribution in [3.8, 4) is 11.6 Å². The zero-order chi connectivity index (χ0) is 13.7. The predicted octanol–water partition coefficient (Wildman–Crippen LogP) is 3.59. The number of aromatic nitrogens is 1. The molecule has 1 aromatic carbocycles. The number of rotatable bonds is 5. The fraction of sp³-hybridized carbons (Fsp3) is 0.312. The van der Waals surface area contributed by atoms with Crippen LogP contribution in [0.2, 0.25) is 0 Å². The fourth-order valence-electron chi connectivity index (χ4n) is 1.96. The summed E-state index contributed by atoms with van der Waals surface area (Å²) >= 11 is 0. The Morgan fingerprint density at radius 3 is 2.47 bits per heavy atom. The average molecular weight is 256 g/mol. The highest BCUT2D eigenvalue weighted by atomic mass is 16.5. The molecule has 2 rings (SSSR count). The summed E-state index contributed by atoms with van der Waals surface area (Å²) in [4.78, 5) is 4.30. The highest BCUT2D eigenvalue weighted by Crippen LogP contribution is 2.23. The largest absolute Gasteiger partial charge is 0.439 e. The molecular formula is C16H20N2O. The van der Waals surface area contributed by atoms with Crippen LogP contribution in [0.4, 0.5) is 0 Å². The lowest BCUT2D eigenvalue weighted by Crippen LogP contribution is -1.99. The van der Waals surface area contributed by atoms with Crippen molar-refractivity contribution in [3.63, 3.8) is 0 Å². The van der Waals surface area contributed by atoms with Crippen LogP contribution in [0, 0.1) is 6.92 Å². The van der Waals surface area contributed by atoms with Gasteiger partial charge in [-0.15, -0.1) is 0 Å². The smallest absolute Gasteiger partial charge is 0.222 e. The Hall–Kier alpha value is -1.87. The van der Waals surface area contributed by atoms with Gasteiger partial charge in [-0.25, -0.2) is 4.98 Å². The van der Waals surface area contributed by atoms with Crippen molar-refractivity contribution in [1.29, 1.82) is 0 Å². The maximum absolute atomic E-state index is 5.79. The van der Waals surface area contributed by atoms with Gasteiger partial charge in [-0.3, -0.25) is 0 Å². The van der Waals surface area contributed by atoms with E-state index in [0.717, 1.165) is 29.7 Å². The first kappa shape index (κ1) is 13.6. The Morgan fingerprint density at radius 1 is 1.16 bits per heavy atom. The summed E-state index contributed by atoms with van der Waals surface area (Å²) in [5.74, 6) is 1.45. The maximum Gasteiger partial charge on any atom is 0.222 e. The SMILES string of the molecule is CCCc1ccc(Oc2ncc(CN)cc2C)cc1. The van der Waals surface area contributed by atoms with Gasteiger partial charge in [0.1, 0.15) is 5.75 Å². The van der Waals surface area contributed by atoms with Crippen molar-refractivity contribution in [3.05, 3.63) is 53.2 Å². The zero-order valence-electron chi connectivity index (χ0n) is 11.5. The summed E-state index contributed by atoms with van der Waals surface area (Å²) in [6.07, 6.45) is 4.01. The predicted molar refractivity (Wildman–Crippen MR) is 77.4 cm³/mol. The van der Waals surface area contributed by atoms with E-state index >= 15 is 0 Å². The number of nitrogens with two attached hydrogens (primary N) is 1. The molecule has 0 fully saturated rings. The lowest BCUT2D eigenvalue weighted by molar-refractivity contribution is 0.458. The number of ether oxygens (including phenoxy) is 1. The van der Waals surface area contributed by atoms with Crippen molar-refractivity contribution in [2.24, 2.45) is 5.73 Å². The first-order valence-electron chi connectivity index (χ1n) is 6.65. The van der Waals surface area contributed by atoms with Crippen molar-refractivity contribution in [2.75, 3.05) is 0 Å². The Morgan fingerprint density at radius 2 is 1.89 bits per heavy atom. The summed E-state index contributed by atoms with van der Waals surface area (Å²) in [5, 5.41) is 0. The number of hydrogen-bond donors (Lipinski definition) is 1. The zero-order valence-corrected chi connectivity index (χ0v) is 11.5. The highest BCUT2D eigenvalue weighted by molar-refractivity contribution is 5.35. The second-order valence-electron chi connectivity index (χ2n) is 4.67. The molecule has 19 heavy (non-hydrogen) atoms. The minimum absolute atomic E-state index is 0.500. The van der Waals surface area contributed by atoms with E-state index in [1.54, 1.807) is 6.20 Å². The highest BCUT2D eigenvalue weighted by Gasteiger charge is 2.04. The van der Waals surface area contributed by atoms with Crippen LogP contribution in [0.25, 0.3) is 0 Å². The molecule has 3 heteroatoms. The molecule has 0 aliphatic rings. The summed E-state index contributed by atoms with van der Waals surface area (Å²) in [6, 6.07) is 10.2. The Bertz CT molecular complexity index is 535. The Labute approximate surface area is 114 Å². The van der Waals surface area contributed by atoms with Gasteiger partial charge in [-0.05, 0) is 42.7 Å². The van der Waals surface area contributed by atoms with Crippen molar-refractivity contribution >= 4 is 0 Å². The molecule has 1 heterocycles. The molecule has 0 bridgehead atoms. The Kier molecular flexibility index (Phi) is 4.53. The summed E-state index contributed by atoms with van der Waals surface area (Å²) in [7, 11) is 0. The first-order chi connectivity index (χ1) is 9.22. The quantitative estimate of drug-likeness (QED) is 0.889. The van der Waals surface area contributed by atoms with Crippen LogP contribution in [0.5, 0.6) is 11.6 Å². The van der Waals surface area contributed by atoms with E-state index < -0.39 is 0 Å². The van der Waals surface area contributed by atoms with E-state index in [2.05, 4.69) is 24.0 Å². The number of nitrogens with zero attached hydrogens (tertiary/aromatic N) is 1. The van der Waals surface area contributed by atoms with Crippen LogP contribution in [-0.4, -0.2) is 4.98 Å². The van der Waals surface area contributed by atoms with E-state index in [9.17, 15) is 0 Å². The number of benzene rings is 1. The van der Waals surface area contributed by atoms with E-state index in [0.29, 0.717) is 12.4 Å². The third-order valence-electron chi connectivity index (χ3n) is 3.00. The van der Waals surface area contributed by atoms with E-state index in [1.165, 1.54) is 5.56 Å². The second kappa shape index (κ2) is 6.34. The van der Waals surface area contributed by atoms with Gasteiger partial charge in [-0.1, -0.05) is 25.5 Å². The minimum Gasteiger partial charge on any atom is -0.439 e. The third-order valence-corrected chi connectivity index (χ3v) is 3.00. The van der Waals surface area contributed by atoms with Gasteiger partial charge in [0.05, 0.1) is 0 Å². The van der Waals surface area contributed by atoms with Crippen molar-refractivity contribution in [2.45, 2.75) is 33.2 Å². The molecule has 0 amide bonds. The number of aryl methyl sites for hydroxylation is 2. The molecule has 2 N–H and O–H groups in total. The van der Waals surface area contributed by atoms with Gasteiger partial charge in [0, 0.05) is 18.3 Å². The van der Waals surface area contributed by atoms with E-state index in [1.807, 2.05) is 25.1 Å². The molecule has 0 saturated carbocycles. The minimum atomic E-state index is 0.500. The molecule has 100 valence electrons. The molecule has 0 radical (unpaired) electrons. The molecule has 0 unspecified atom stereocenters. The normalized spacial score (nSPS) is 10.5. The summed E-state index contributed by atoms with van der Waals surface area (Å²) in [6.45, 7) is 4.66. The van der Waals surface area contributed by atoms with E-state index in [4.69, 9.17) is 10.5 Å². The van der Waals surface area contributed by atoms with Crippen LogP contribution in [0.15, 0.2) is 36.5 Å². The van der Waals surface area contributed by atoms with Crippen LogP contribution < -0.4 is 10.5 Å². The fourth-order valence-corrected chi connectivity index (χ4v) is 1.96. The summed E-state index contributed by atoms with van der Waals surface area (Å²) in [5.41, 5.74) is 8.93. The topological polar surface area (TPSA) is 48.1 Å². The number of hydrogen-bond acceptors (Lipinski definition) is 3. The van der Waals surface area contributed by atoms with Crippen molar-refractivity contribution in [1.82, 2.24) is 4.98 Å². The summed E-state index contributed by atoms with van der Waals surface area (Å²) < 4.78 is 5.79. The molecular weight excluding hydrogens is 236 g/mol. The number of pyridine rings is 1. The van der Waals surface area contributed by atoms with Crippen LogP contribution in [0.1, 0.15) is 30.0 Å². The molecule has 1 aromatic heterocycles. The van der Waals surface area contributed by atoms with Gasteiger partial charge >= 0.3 is 0 Å². The lowest BCUT2D eigenvalue weighted by Gasteiger charge is -2.09. The standard InChI is InChI=1S/C16H20N2O/c1-3-4-13-5-7-15(8-6-13)19-16-12(2)9-14(10-17)11-18-16/h5-9,11H,3-4,10,17H2,1-2H3. The van der Waals surface area contributed by atoms with Gasteiger partial charge in [0.25, 0.3) is 0 Å².